The molecule has 1 aliphatic rings. The van der Waals surface area contributed by atoms with Crippen molar-refractivity contribution in [1.29, 1.82) is 0 Å². The lowest BCUT2D eigenvalue weighted by atomic mass is 10.1. The third-order valence-electron chi connectivity index (χ3n) is 4.86. The molecule has 1 aliphatic heterocycles. The van der Waals surface area contributed by atoms with Gasteiger partial charge in [-0.1, -0.05) is 12.1 Å². The van der Waals surface area contributed by atoms with E-state index in [4.69, 9.17) is 14.5 Å². The number of halogens is 1. The van der Waals surface area contributed by atoms with E-state index in [2.05, 4.69) is 8.83 Å². The summed E-state index contributed by atoms with van der Waals surface area (Å²) < 4.78 is 50.4. The van der Waals surface area contributed by atoms with E-state index in [1.54, 1.807) is 0 Å². The van der Waals surface area contributed by atoms with Crippen LogP contribution >= 0.6 is 15.6 Å². The van der Waals surface area contributed by atoms with Crippen LogP contribution in [0.25, 0.3) is 0 Å². The fraction of sp³-hybridized carbons (Fsp3) is 0.412. The number of phosphoric acid groups is 2. The summed E-state index contributed by atoms with van der Waals surface area (Å²) in [7, 11) is -10.6. The van der Waals surface area contributed by atoms with E-state index < -0.39 is 63.9 Å². The molecule has 0 bridgehead atoms. The van der Waals surface area contributed by atoms with Gasteiger partial charge < -0.3 is 29.6 Å². The molecule has 0 saturated carbocycles. The lowest BCUT2D eigenvalue weighted by Crippen LogP contribution is -2.43. The van der Waals surface area contributed by atoms with Gasteiger partial charge in [-0.3, -0.25) is 18.5 Å². The molecular formula is C17H21FN2O12P2. The van der Waals surface area contributed by atoms with Crippen LogP contribution in [0.15, 0.2) is 46.1 Å². The molecule has 1 fully saturated rings. The second-order valence-corrected chi connectivity index (χ2v) is 10.1. The smallest absolute Gasteiger partial charge is 0.387 e. The largest absolute Gasteiger partial charge is 0.481 e. The molecule has 14 nitrogen and oxygen atoms in total. The maximum absolute atomic E-state index is 13.0. The van der Waals surface area contributed by atoms with E-state index in [0.29, 0.717) is 5.56 Å². The first-order chi connectivity index (χ1) is 15.8. The predicted octanol–water partition coefficient (Wildman–Crippen LogP) is -0.763. The first kappa shape index (κ1) is 26.6. The van der Waals surface area contributed by atoms with Crippen LogP contribution in [0.2, 0.25) is 0 Å². The highest BCUT2D eigenvalue weighted by molar-refractivity contribution is 7.60. The SMILES string of the molecule is O=c1ccn([C@@H]2O[C@H](COP(=O)(O)OP(=O)(O)O)[C@H](O)C2O)c(=O)n1CCc1ccc(F)cc1. The first-order valence-electron chi connectivity index (χ1n) is 9.60. The van der Waals surface area contributed by atoms with Crippen LogP contribution in [0.3, 0.4) is 0 Å². The molecule has 2 aromatic rings. The van der Waals surface area contributed by atoms with Crippen LogP contribution in [0, 0.1) is 5.82 Å². The topological polar surface area (TPSA) is 207 Å². The third kappa shape index (κ3) is 6.55. The van der Waals surface area contributed by atoms with Crippen molar-refractivity contribution in [2.24, 2.45) is 0 Å². The molecule has 0 aliphatic carbocycles. The van der Waals surface area contributed by atoms with Crippen LogP contribution < -0.4 is 11.2 Å². The van der Waals surface area contributed by atoms with Crippen molar-refractivity contribution >= 4 is 15.6 Å². The minimum atomic E-state index is -5.37. The lowest BCUT2D eigenvalue weighted by Gasteiger charge is -2.19. The highest BCUT2D eigenvalue weighted by atomic mass is 31.3. The van der Waals surface area contributed by atoms with Crippen molar-refractivity contribution < 1.29 is 52.0 Å². The Morgan fingerprint density at radius 2 is 1.68 bits per heavy atom. The van der Waals surface area contributed by atoms with E-state index >= 15 is 0 Å². The average Bonchev–Trinajstić information content (AvgIpc) is 3.00. The zero-order chi connectivity index (χ0) is 25.3. The Morgan fingerprint density at radius 1 is 1.03 bits per heavy atom. The normalized spacial score (nSPS) is 24.8. The average molecular weight is 526 g/mol. The van der Waals surface area contributed by atoms with Gasteiger partial charge in [-0.25, -0.2) is 18.3 Å². The van der Waals surface area contributed by atoms with Gasteiger partial charge in [0.1, 0.15) is 24.1 Å². The van der Waals surface area contributed by atoms with Gasteiger partial charge in [0.05, 0.1) is 6.61 Å². The van der Waals surface area contributed by atoms with Gasteiger partial charge >= 0.3 is 21.3 Å². The number of benzene rings is 1. The summed E-state index contributed by atoms with van der Waals surface area (Å²) in [6, 6.07) is 6.45. The molecule has 2 heterocycles. The van der Waals surface area contributed by atoms with Crippen LogP contribution in [0.4, 0.5) is 4.39 Å². The molecule has 34 heavy (non-hydrogen) atoms. The number of aliphatic hydroxyl groups excluding tert-OH is 2. The summed E-state index contributed by atoms with van der Waals surface area (Å²) >= 11 is 0. The number of ether oxygens (including phenoxy) is 1. The Bertz CT molecular complexity index is 1230. The minimum Gasteiger partial charge on any atom is -0.387 e. The summed E-state index contributed by atoms with van der Waals surface area (Å²) in [6.07, 6.45) is -5.29. The van der Waals surface area contributed by atoms with Crippen molar-refractivity contribution in [3.05, 3.63) is 68.7 Å². The number of phosphoric ester groups is 1. The van der Waals surface area contributed by atoms with Gasteiger partial charge in [0, 0.05) is 18.8 Å². The monoisotopic (exact) mass is 526 g/mol. The molecule has 5 N–H and O–H groups in total. The Balaban J connectivity index is 1.75. The second kappa shape index (κ2) is 10.3. The summed E-state index contributed by atoms with van der Waals surface area (Å²) in [5.74, 6) is -0.446. The van der Waals surface area contributed by atoms with E-state index in [1.807, 2.05) is 0 Å². The fourth-order valence-corrected chi connectivity index (χ4v) is 4.84. The molecule has 2 unspecified atom stereocenters. The van der Waals surface area contributed by atoms with E-state index in [-0.39, 0.29) is 13.0 Å². The maximum atomic E-state index is 13.0. The summed E-state index contributed by atoms with van der Waals surface area (Å²) in [6.45, 7) is -1.03. The molecule has 5 atom stereocenters. The van der Waals surface area contributed by atoms with E-state index in [0.717, 1.165) is 21.4 Å². The van der Waals surface area contributed by atoms with Gasteiger partial charge in [0.2, 0.25) is 0 Å². The zero-order valence-electron chi connectivity index (χ0n) is 17.2. The van der Waals surface area contributed by atoms with E-state index in [1.165, 1.54) is 24.3 Å². The number of rotatable bonds is 9. The molecule has 0 amide bonds. The summed E-state index contributed by atoms with van der Waals surface area (Å²) in [5, 5.41) is 20.5. The first-order valence-corrected chi connectivity index (χ1v) is 12.6. The summed E-state index contributed by atoms with van der Waals surface area (Å²) in [4.78, 5) is 51.6. The molecule has 0 radical (unpaired) electrons. The zero-order valence-corrected chi connectivity index (χ0v) is 18.9. The fourth-order valence-electron chi connectivity index (χ4n) is 3.25. The predicted molar refractivity (Wildman–Crippen MR) is 110 cm³/mol. The van der Waals surface area contributed by atoms with Crippen molar-refractivity contribution in [2.75, 3.05) is 6.61 Å². The molecular weight excluding hydrogens is 505 g/mol. The number of hydrogen-bond acceptors (Lipinski definition) is 9. The standard InChI is InChI=1S/C17H21FN2O12P2/c18-11-3-1-10(2-4-11)5-7-19-13(21)6-8-20(17(19)24)16-15(23)14(22)12(31-16)9-30-34(28,29)32-33(25,26)27/h1-4,6,8,12,14-16,22-23H,5,7,9H2,(H,28,29)(H2,25,26,27)/t12-,14+,15?,16-/m1/s1. The van der Waals surface area contributed by atoms with Gasteiger partial charge in [0.15, 0.2) is 6.23 Å². The number of aryl methyl sites for hydroxylation is 1. The van der Waals surface area contributed by atoms with Crippen molar-refractivity contribution in [3.8, 4) is 0 Å². The quantitative estimate of drug-likeness (QED) is 0.256. The number of hydrogen-bond donors (Lipinski definition) is 5. The molecule has 3 rings (SSSR count). The summed E-state index contributed by atoms with van der Waals surface area (Å²) in [5.41, 5.74) is -0.906. The van der Waals surface area contributed by atoms with Crippen LogP contribution in [-0.2, 0) is 35.7 Å². The van der Waals surface area contributed by atoms with Crippen molar-refractivity contribution in [3.63, 3.8) is 0 Å². The molecule has 1 aromatic carbocycles. The Morgan fingerprint density at radius 3 is 2.29 bits per heavy atom. The van der Waals surface area contributed by atoms with Crippen LogP contribution in [-0.4, -0.2) is 58.9 Å². The minimum absolute atomic E-state index is 0.0878. The Kier molecular flexibility index (Phi) is 8.05. The highest BCUT2D eigenvalue weighted by Gasteiger charge is 2.45. The third-order valence-corrected chi connectivity index (χ3v) is 7.01. The molecule has 0 spiro atoms. The van der Waals surface area contributed by atoms with Crippen LogP contribution in [0.5, 0.6) is 0 Å². The highest BCUT2D eigenvalue weighted by Crippen LogP contribution is 2.57. The Labute approximate surface area is 190 Å². The van der Waals surface area contributed by atoms with Gasteiger partial charge in [-0.15, -0.1) is 0 Å². The van der Waals surface area contributed by atoms with Crippen LogP contribution in [0.1, 0.15) is 11.8 Å². The molecule has 1 saturated heterocycles. The molecule has 17 heteroatoms. The van der Waals surface area contributed by atoms with Gasteiger partial charge in [-0.2, -0.15) is 4.31 Å². The van der Waals surface area contributed by atoms with Gasteiger partial charge in [-0.05, 0) is 24.1 Å². The Hall–Kier alpha value is -2.03. The van der Waals surface area contributed by atoms with Crippen molar-refractivity contribution in [2.45, 2.75) is 37.5 Å². The lowest BCUT2D eigenvalue weighted by molar-refractivity contribution is -0.0548. The van der Waals surface area contributed by atoms with Gasteiger partial charge in [0.25, 0.3) is 5.56 Å². The second-order valence-electron chi connectivity index (χ2n) is 7.25. The maximum Gasteiger partial charge on any atom is 0.481 e. The molecule has 1 aromatic heterocycles. The number of aliphatic hydroxyl groups is 2. The van der Waals surface area contributed by atoms with Crippen molar-refractivity contribution in [1.82, 2.24) is 9.13 Å². The van der Waals surface area contributed by atoms with E-state index in [9.17, 15) is 38.2 Å². The number of aromatic nitrogens is 2. The molecule has 188 valence electrons. The number of nitrogens with zero attached hydrogens (tertiary/aromatic N) is 2.